The van der Waals surface area contributed by atoms with Gasteiger partial charge in [-0.05, 0) is 37.8 Å². The summed E-state index contributed by atoms with van der Waals surface area (Å²) >= 11 is 0. The van der Waals surface area contributed by atoms with E-state index in [1.807, 2.05) is 6.92 Å². The second-order valence-corrected chi connectivity index (χ2v) is 5.59. The van der Waals surface area contributed by atoms with Crippen molar-refractivity contribution in [1.82, 2.24) is 0 Å². The third-order valence-electron chi connectivity index (χ3n) is 4.17. The molecule has 114 valence electrons. The van der Waals surface area contributed by atoms with E-state index in [0.717, 1.165) is 18.4 Å². The van der Waals surface area contributed by atoms with Gasteiger partial charge in [-0.2, -0.15) is 0 Å². The van der Waals surface area contributed by atoms with Gasteiger partial charge < -0.3 is 10.0 Å². The Kier molecular flexibility index (Phi) is 4.16. The Morgan fingerprint density at radius 3 is 2.81 bits per heavy atom. The molecule has 1 aromatic carbocycles. The van der Waals surface area contributed by atoms with Crippen LogP contribution >= 0.6 is 0 Å². The average molecular weight is 292 g/mol. The van der Waals surface area contributed by atoms with Crippen LogP contribution in [0.25, 0.3) is 0 Å². The summed E-state index contributed by atoms with van der Waals surface area (Å²) in [5, 5.41) is 21.0. The molecule has 0 aromatic heterocycles. The number of carboxylic acid groups (broad SMARTS) is 1. The molecule has 1 heterocycles. The van der Waals surface area contributed by atoms with Crippen LogP contribution < -0.4 is 4.90 Å². The number of aryl methyl sites for hydroxylation is 1. The lowest BCUT2D eigenvalue weighted by Crippen LogP contribution is -2.51. The van der Waals surface area contributed by atoms with Gasteiger partial charge in [0.25, 0.3) is 5.69 Å². The van der Waals surface area contributed by atoms with Crippen LogP contribution in [-0.4, -0.2) is 28.1 Å². The van der Waals surface area contributed by atoms with Crippen LogP contribution in [-0.2, 0) is 4.79 Å². The standard InChI is InChI=1S/C15H20N2O4/c1-3-7-15(14(18)19)8-4-9-16(15)12-6-5-11(2)10-13(12)17(20)21/h5-6,10H,3-4,7-9H2,1-2H3,(H,18,19). The first-order valence-electron chi connectivity index (χ1n) is 7.18. The van der Waals surface area contributed by atoms with Crippen molar-refractivity contribution in [1.29, 1.82) is 0 Å². The van der Waals surface area contributed by atoms with E-state index in [4.69, 9.17) is 0 Å². The van der Waals surface area contributed by atoms with Gasteiger partial charge in [0.2, 0.25) is 0 Å². The maximum atomic E-state index is 11.8. The van der Waals surface area contributed by atoms with Crippen molar-refractivity contribution in [3.63, 3.8) is 0 Å². The smallest absolute Gasteiger partial charge is 0.329 e. The normalized spacial score (nSPS) is 21.5. The van der Waals surface area contributed by atoms with Crippen LogP contribution in [0.15, 0.2) is 18.2 Å². The highest BCUT2D eigenvalue weighted by molar-refractivity contribution is 5.86. The molecule has 1 unspecified atom stereocenters. The van der Waals surface area contributed by atoms with E-state index >= 15 is 0 Å². The van der Waals surface area contributed by atoms with E-state index in [1.165, 1.54) is 6.07 Å². The third kappa shape index (κ3) is 2.57. The van der Waals surface area contributed by atoms with Crippen LogP contribution in [0.2, 0.25) is 0 Å². The van der Waals surface area contributed by atoms with Gasteiger partial charge >= 0.3 is 5.97 Å². The summed E-state index contributed by atoms with van der Waals surface area (Å²) in [6.45, 7) is 4.26. The number of carboxylic acids is 1. The topological polar surface area (TPSA) is 83.7 Å². The number of hydrogen-bond donors (Lipinski definition) is 1. The highest BCUT2D eigenvalue weighted by Gasteiger charge is 2.48. The Morgan fingerprint density at radius 1 is 1.52 bits per heavy atom. The fraction of sp³-hybridized carbons (Fsp3) is 0.533. The van der Waals surface area contributed by atoms with Crippen molar-refractivity contribution in [2.75, 3.05) is 11.4 Å². The Morgan fingerprint density at radius 2 is 2.24 bits per heavy atom. The van der Waals surface area contributed by atoms with Gasteiger partial charge in [-0.25, -0.2) is 4.79 Å². The quantitative estimate of drug-likeness (QED) is 0.666. The molecule has 1 N–H and O–H groups in total. The van der Waals surface area contributed by atoms with Crippen molar-refractivity contribution in [2.24, 2.45) is 0 Å². The van der Waals surface area contributed by atoms with Crippen LogP contribution in [0.1, 0.15) is 38.2 Å². The lowest BCUT2D eigenvalue weighted by atomic mass is 9.90. The first kappa shape index (κ1) is 15.3. The van der Waals surface area contributed by atoms with E-state index in [9.17, 15) is 20.0 Å². The van der Waals surface area contributed by atoms with E-state index in [0.29, 0.717) is 25.1 Å². The number of benzene rings is 1. The van der Waals surface area contributed by atoms with Gasteiger partial charge in [0, 0.05) is 12.6 Å². The summed E-state index contributed by atoms with van der Waals surface area (Å²) in [5.74, 6) is -0.892. The number of aliphatic carboxylic acids is 1. The first-order chi connectivity index (χ1) is 9.92. The summed E-state index contributed by atoms with van der Waals surface area (Å²) in [6, 6.07) is 4.97. The zero-order valence-electron chi connectivity index (χ0n) is 12.3. The van der Waals surface area contributed by atoms with Gasteiger partial charge in [0.15, 0.2) is 0 Å². The van der Waals surface area contributed by atoms with E-state index < -0.39 is 16.4 Å². The van der Waals surface area contributed by atoms with Crippen molar-refractivity contribution in [3.8, 4) is 0 Å². The number of rotatable bonds is 5. The van der Waals surface area contributed by atoms with Crippen LogP contribution in [0.4, 0.5) is 11.4 Å². The molecular formula is C15H20N2O4. The van der Waals surface area contributed by atoms with Gasteiger partial charge in [-0.1, -0.05) is 19.4 Å². The van der Waals surface area contributed by atoms with Crippen LogP contribution in [0, 0.1) is 17.0 Å². The van der Waals surface area contributed by atoms with Crippen molar-refractivity contribution in [3.05, 3.63) is 33.9 Å². The molecule has 2 rings (SSSR count). The van der Waals surface area contributed by atoms with Gasteiger partial charge in [0.1, 0.15) is 11.2 Å². The molecule has 0 aliphatic carbocycles. The summed E-state index contributed by atoms with van der Waals surface area (Å²) in [6.07, 6.45) is 2.48. The monoisotopic (exact) mass is 292 g/mol. The SMILES string of the molecule is CCCC1(C(=O)O)CCCN1c1ccc(C)cc1[N+](=O)[O-]. The molecule has 1 fully saturated rings. The van der Waals surface area contributed by atoms with Crippen molar-refractivity contribution >= 4 is 17.3 Å². The van der Waals surface area contributed by atoms with E-state index in [2.05, 4.69) is 0 Å². The lowest BCUT2D eigenvalue weighted by Gasteiger charge is -2.36. The second-order valence-electron chi connectivity index (χ2n) is 5.59. The summed E-state index contributed by atoms with van der Waals surface area (Å²) in [4.78, 5) is 24.4. The fourth-order valence-corrected chi connectivity index (χ4v) is 3.24. The molecule has 0 radical (unpaired) electrons. The minimum atomic E-state index is -1.02. The largest absolute Gasteiger partial charge is 0.479 e. The number of nitro groups is 1. The number of carbonyl (C=O) groups is 1. The average Bonchev–Trinajstić information content (AvgIpc) is 2.84. The number of nitro benzene ring substituents is 1. The maximum Gasteiger partial charge on any atom is 0.329 e. The van der Waals surface area contributed by atoms with Gasteiger partial charge in [-0.3, -0.25) is 10.1 Å². The van der Waals surface area contributed by atoms with Gasteiger partial charge in [-0.15, -0.1) is 0 Å². The molecule has 6 heteroatoms. The molecule has 1 aliphatic heterocycles. The van der Waals surface area contributed by atoms with Crippen molar-refractivity contribution in [2.45, 2.75) is 45.1 Å². The predicted octanol–water partition coefficient (Wildman–Crippen LogP) is 3.13. The number of anilines is 1. The predicted molar refractivity (Wildman–Crippen MR) is 79.7 cm³/mol. The summed E-state index contributed by atoms with van der Waals surface area (Å²) in [7, 11) is 0. The molecule has 0 bridgehead atoms. The Bertz CT molecular complexity index is 573. The second kappa shape index (κ2) is 5.71. The molecular weight excluding hydrogens is 272 g/mol. The zero-order valence-corrected chi connectivity index (χ0v) is 12.3. The summed E-state index contributed by atoms with van der Waals surface area (Å²) in [5.41, 5.74) is 0.174. The maximum absolute atomic E-state index is 11.8. The van der Waals surface area contributed by atoms with E-state index in [-0.39, 0.29) is 5.69 Å². The molecule has 1 atom stereocenters. The highest BCUT2D eigenvalue weighted by Crippen LogP contribution is 2.41. The third-order valence-corrected chi connectivity index (χ3v) is 4.17. The number of nitrogens with zero attached hydrogens (tertiary/aromatic N) is 2. The molecule has 1 saturated heterocycles. The molecule has 0 amide bonds. The molecule has 1 aromatic rings. The minimum absolute atomic E-state index is 0.0152. The van der Waals surface area contributed by atoms with E-state index in [1.54, 1.807) is 24.0 Å². The van der Waals surface area contributed by atoms with Gasteiger partial charge in [0.05, 0.1) is 4.92 Å². The Balaban J connectivity index is 2.54. The lowest BCUT2D eigenvalue weighted by molar-refractivity contribution is -0.384. The summed E-state index contributed by atoms with van der Waals surface area (Å²) < 4.78 is 0. The molecule has 21 heavy (non-hydrogen) atoms. The zero-order chi connectivity index (χ0) is 15.6. The number of hydrogen-bond acceptors (Lipinski definition) is 4. The molecule has 0 spiro atoms. The molecule has 6 nitrogen and oxygen atoms in total. The first-order valence-corrected chi connectivity index (χ1v) is 7.18. The van der Waals surface area contributed by atoms with Crippen LogP contribution in [0.5, 0.6) is 0 Å². The van der Waals surface area contributed by atoms with Crippen LogP contribution in [0.3, 0.4) is 0 Å². The highest BCUT2D eigenvalue weighted by atomic mass is 16.6. The molecule has 0 saturated carbocycles. The fourth-order valence-electron chi connectivity index (χ4n) is 3.24. The Hall–Kier alpha value is -2.11. The molecule has 1 aliphatic rings. The Labute approximate surface area is 123 Å². The minimum Gasteiger partial charge on any atom is -0.479 e. The van der Waals surface area contributed by atoms with Crippen molar-refractivity contribution < 1.29 is 14.8 Å².